The molecule has 0 aliphatic heterocycles. The largest absolute Gasteiger partial charge is 0.410 e. The predicted molar refractivity (Wildman–Crippen MR) is 85.3 cm³/mol. The van der Waals surface area contributed by atoms with Gasteiger partial charge in [0.15, 0.2) is 0 Å². The highest BCUT2D eigenvalue weighted by Crippen LogP contribution is 2.59. The smallest absolute Gasteiger partial charge is 0.169 e. The second-order valence-electron chi connectivity index (χ2n) is 4.94. The van der Waals surface area contributed by atoms with Gasteiger partial charge in [-0.05, 0) is 24.5 Å². The maximum atomic E-state index is 13.5. The molecule has 0 saturated heterocycles. The molecule has 0 amide bonds. The first-order chi connectivity index (χ1) is 11.0. The number of hydrogen-bond acceptors (Lipinski definition) is 0. The van der Waals surface area contributed by atoms with Crippen LogP contribution in [0, 0.1) is 5.41 Å². The van der Waals surface area contributed by atoms with Crippen LogP contribution in [-0.4, -0.2) is 12.4 Å². The van der Waals surface area contributed by atoms with Gasteiger partial charge < -0.3 is 0 Å². The average molecular weight is 350 g/mol. The second kappa shape index (κ2) is 8.76. The van der Waals surface area contributed by atoms with Crippen LogP contribution in [0.1, 0.15) is 20.3 Å². The van der Waals surface area contributed by atoms with Gasteiger partial charge in [0.1, 0.15) is 0 Å². The van der Waals surface area contributed by atoms with Gasteiger partial charge >= 0.3 is 12.4 Å². The normalized spacial score (nSPS) is 14.9. The van der Waals surface area contributed by atoms with Crippen LogP contribution in [0.4, 0.5) is 26.3 Å². The number of rotatable bonds is 7. The SMILES string of the molecule is C=C/C=C\C=C(/C)C(C(=C)/C=C\C=C/CC)(C(F)(F)F)C(F)(F)F. The summed E-state index contributed by atoms with van der Waals surface area (Å²) in [6, 6.07) is 0. The zero-order chi connectivity index (χ0) is 19.0. The van der Waals surface area contributed by atoms with E-state index in [0.29, 0.717) is 6.42 Å². The first kappa shape index (κ1) is 22.0. The van der Waals surface area contributed by atoms with E-state index in [-0.39, 0.29) is 0 Å². The maximum absolute atomic E-state index is 13.5. The Kier molecular flexibility index (Phi) is 8.03. The molecule has 0 aliphatic rings. The third-order valence-electron chi connectivity index (χ3n) is 3.30. The van der Waals surface area contributed by atoms with E-state index in [0.717, 1.165) is 31.2 Å². The van der Waals surface area contributed by atoms with Gasteiger partial charge in [-0.15, -0.1) is 0 Å². The summed E-state index contributed by atoms with van der Waals surface area (Å²) >= 11 is 0. The number of halogens is 6. The van der Waals surface area contributed by atoms with Crippen LogP contribution in [0.25, 0.3) is 0 Å². The Morgan fingerprint density at radius 2 is 1.46 bits per heavy atom. The van der Waals surface area contributed by atoms with Crippen LogP contribution in [0.5, 0.6) is 0 Å². The summed E-state index contributed by atoms with van der Waals surface area (Å²) in [4.78, 5) is 0. The standard InChI is InChI=1S/C18H20F6/c1-5-7-9-11-13-15(4)16(17(19,20)21,18(22,23)24)14(3)12-10-8-6-2/h6-13H,2,4-5H2,1,3H3/b9-7-,10-8-,13-11-,14-12+. The van der Waals surface area contributed by atoms with Crippen LogP contribution < -0.4 is 0 Å². The van der Waals surface area contributed by atoms with Gasteiger partial charge in [-0.3, -0.25) is 0 Å². The van der Waals surface area contributed by atoms with Crippen LogP contribution in [0.3, 0.4) is 0 Å². The van der Waals surface area contributed by atoms with Crippen molar-refractivity contribution in [3.63, 3.8) is 0 Å². The first-order valence-corrected chi connectivity index (χ1v) is 7.09. The Morgan fingerprint density at radius 3 is 1.88 bits per heavy atom. The third-order valence-corrected chi connectivity index (χ3v) is 3.30. The summed E-state index contributed by atoms with van der Waals surface area (Å²) in [5, 5.41) is 0. The van der Waals surface area contributed by atoms with Crippen molar-refractivity contribution in [2.45, 2.75) is 32.6 Å². The van der Waals surface area contributed by atoms with Gasteiger partial charge in [-0.2, -0.15) is 26.3 Å². The van der Waals surface area contributed by atoms with E-state index in [1.54, 1.807) is 13.0 Å². The molecule has 24 heavy (non-hydrogen) atoms. The van der Waals surface area contributed by atoms with Crippen LogP contribution >= 0.6 is 0 Å². The van der Waals surface area contributed by atoms with E-state index in [1.807, 2.05) is 0 Å². The van der Waals surface area contributed by atoms with E-state index in [1.165, 1.54) is 18.2 Å². The lowest BCUT2D eigenvalue weighted by Gasteiger charge is -2.39. The molecule has 134 valence electrons. The average Bonchev–Trinajstić information content (AvgIpc) is 2.41. The number of allylic oxidation sites excluding steroid dienone is 10. The molecule has 0 rings (SSSR count). The molecule has 0 fully saturated rings. The minimum absolute atomic E-state index is 0.603. The Hall–Kier alpha value is -1.98. The molecule has 0 radical (unpaired) electrons. The summed E-state index contributed by atoms with van der Waals surface area (Å²) in [6.07, 6.45) is -1.43. The minimum atomic E-state index is -5.59. The maximum Gasteiger partial charge on any atom is 0.410 e. The number of hydrogen-bond donors (Lipinski definition) is 0. The molecule has 0 aromatic heterocycles. The summed E-state index contributed by atoms with van der Waals surface area (Å²) in [5.74, 6) is 0. The van der Waals surface area contributed by atoms with Gasteiger partial charge in [0.2, 0.25) is 5.41 Å². The zero-order valence-electron chi connectivity index (χ0n) is 13.5. The Labute approximate surface area is 138 Å². The number of alkyl halides is 6. The van der Waals surface area contributed by atoms with Crippen LogP contribution in [-0.2, 0) is 0 Å². The van der Waals surface area contributed by atoms with Crippen molar-refractivity contribution in [1.82, 2.24) is 0 Å². The Balaban J connectivity index is 6.35. The van der Waals surface area contributed by atoms with Crippen molar-refractivity contribution < 1.29 is 26.3 Å². The molecule has 0 nitrogen and oxygen atoms in total. The molecule has 0 aromatic rings. The molecule has 0 spiro atoms. The van der Waals surface area contributed by atoms with Gasteiger partial charge in [0.05, 0.1) is 0 Å². The van der Waals surface area contributed by atoms with E-state index in [9.17, 15) is 26.3 Å². The molecular formula is C18H20F6. The molecule has 0 unspecified atom stereocenters. The topological polar surface area (TPSA) is 0 Å². The fraction of sp³-hybridized carbons (Fsp3) is 0.333. The van der Waals surface area contributed by atoms with Gasteiger partial charge in [0.25, 0.3) is 0 Å². The lowest BCUT2D eigenvalue weighted by Crippen LogP contribution is -2.51. The molecule has 6 heteroatoms. The summed E-state index contributed by atoms with van der Waals surface area (Å²) in [5.41, 5.74) is -6.17. The lowest BCUT2D eigenvalue weighted by molar-refractivity contribution is -0.309. The van der Waals surface area contributed by atoms with Crippen LogP contribution in [0.15, 0.2) is 72.9 Å². The lowest BCUT2D eigenvalue weighted by atomic mass is 9.72. The van der Waals surface area contributed by atoms with E-state index >= 15 is 0 Å². The highest BCUT2D eigenvalue weighted by Gasteiger charge is 2.72. The summed E-state index contributed by atoms with van der Waals surface area (Å²) in [7, 11) is 0. The van der Waals surface area contributed by atoms with Crippen molar-refractivity contribution in [3.05, 3.63) is 72.9 Å². The van der Waals surface area contributed by atoms with Crippen molar-refractivity contribution >= 4 is 0 Å². The molecule has 0 saturated carbocycles. The van der Waals surface area contributed by atoms with Crippen molar-refractivity contribution in [2.75, 3.05) is 0 Å². The fourth-order valence-corrected chi connectivity index (χ4v) is 2.14. The molecule has 0 aliphatic carbocycles. The van der Waals surface area contributed by atoms with Gasteiger partial charge in [-0.25, -0.2) is 0 Å². The van der Waals surface area contributed by atoms with Crippen molar-refractivity contribution in [3.8, 4) is 0 Å². The van der Waals surface area contributed by atoms with E-state index in [4.69, 9.17) is 0 Å². The molecule has 0 bridgehead atoms. The Morgan fingerprint density at radius 1 is 0.917 bits per heavy atom. The predicted octanol–water partition coefficient (Wildman–Crippen LogP) is 6.86. The molecule has 0 N–H and O–H groups in total. The summed E-state index contributed by atoms with van der Waals surface area (Å²) < 4.78 is 81.2. The molecular weight excluding hydrogens is 330 g/mol. The second-order valence-corrected chi connectivity index (χ2v) is 4.94. The monoisotopic (exact) mass is 350 g/mol. The van der Waals surface area contributed by atoms with Gasteiger partial charge in [-0.1, -0.05) is 68.7 Å². The molecule has 0 aromatic carbocycles. The quantitative estimate of drug-likeness (QED) is 0.347. The Bertz CT molecular complexity index is 539. The fourth-order valence-electron chi connectivity index (χ4n) is 2.14. The van der Waals surface area contributed by atoms with Gasteiger partial charge in [0, 0.05) is 0 Å². The first-order valence-electron chi connectivity index (χ1n) is 7.09. The van der Waals surface area contributed by atoms with Crippen LogP contribution in [0.2, 0.25) is 0 Å². The van der Waals surface area contributed by atoms with E-state index in [2.05, 4.69) is 13.2 Å². The molecule has 0 heterocycles. The van der Waals surface area contributed by atoms with Crippen molar-refractivity contribution in [2.24, 2.45) is 5.41 Å². The minimum Gasteiger partial charge on any atom is -0.169 e. The summed E-state index contributed by atoms with van der Waals surface area (Å²) in [6.45, 7) is 8.95. The zero-order valence-corrected chi connectivity index (χ0v) is 13.5. The van der Waals surface area contributed by atoms with Crippen molar-refractivity contribution in [1.29, 1.82) is 0 Å². The third kappa shape index (κ3) is 4.76. The molecule has 0 atom stereocenters. The highest BCUT2D eigenvalue weighted by atomic mass is 19.4. The highest BCUT2D eigenvalue weighted by molar-refractivity contribution is 5.41. The van der Waals surface area contributed by atoms with E-state index < -0.39 is 28.9 Å².